The molecule has 1 aromatic heterocycles. The first-order chi connectivity index (χ1) is 10.7. The van der Waals surface area contributed by atoms with Crippen molar-refractivity contribution < 1.29 is 4.79 Å². The van der Waals surface area contributed by atoms with E-state index in [0.29, 0.717) is 0 Å². The lowest BCUT2D eigenvalue weighted by atomic mass is 9.85. The number of nitrogens with one attached hydrogen (secondary N) is 2. The second-order valence-corrected chi connectivity index (χ2v) is 5.83. The molecule has 0 radical (unpaired) electrons. The maximum absolute atomic E-state index is 11.9. The molecule has 1 saturated carbocycles. The Kier molecular flexibility index (Phi) is 4.37. The van der Waals surface area contributed by atoms with Crippen LogP contribution in [0.3, 0.4) is 0 Å². The molecule has 0 atom stereocenters. The third-order valence-electron chi connectivity index (χ3n) is 4.23. The summed E-state index contributed by atoms with van der Waals surface area (Å²) in [6.07, 6.45) is 4.89. The molecule has 0 bridgehead atoms. The second-order valence-electron chi connectivity index (χ2n) is 5.83. The van der Waals surface area contributed by atoms with E-state index in [1.165, 1.54) is 11.1 Å². The van der Waals surface area contributed by atoms with Gasteiger partial charge in [-0.25, -0.2) is 4.98 Å². The summed E-state index contributed by atoms with van der Waals surface area (Å²) < 4.78 is 0. The summed E-state index contributed by atoms with van der Waals surface area (Å²) in [6, 6.07) is 12.1. The Hall–Kier alpha value is -2.36. The molecule has 1 amide bonds. The van der Waals surface area contributed by atoms with Crippen molar-refractivity contribution >= 4 is 17.4 Å². The number of amides is 1. The maximum atomic E-state index is 11.9. The number of hydrogen-bond donors (Lipinski definition) is 2. The van der Waals surface area contributed by atoms with Crippen molar-refractivity contribution in [1.82, 2.24) is 4.98 Å². The van der Waals surface area contributed by atoms with Crippen LogP contribution in [0.1, 0.15) is 30.4 Å². The molecule has 0 saturated heterocycles. The van der Waals surface area contributed by atoms with Crippen LogP contribution >= 0.6 is 0 Å². The standard InChI is InChI=1S/C18H21N3O/c1-13-5-2-3-6-15(13)11-19-17-10-9-16(12-20-17)21-18(22)14-7-4-8-14/h2-3,5-6,9-10,12,14H,4,7-8,11H2,1H3,(H,19,20)(H,21,22). The highest BCUT2D eigenvalue weighted by molar-refractivity contribution is 5.92. The van der Waals surface area contributed by atoms with Crippen LogP contribution < -0.4 is 10.6 Å². The SMILES string of the molecule is Cc1ccccc1CNc1ccc(NC(=O)C2CCC2)cn1. The van der Waals surface area contributed by atoms with Gasteiger partial charge < -0.3 is 10.6 Å². The highest BCUT2D eigenvalue weighted by Gasteiger charge is 2.25. The predicted molar refractivity (Wildman–Crippen MR) is 88.7 cm³/mol. The quantitative estimate of drug-likeness (QED) is 0.883. The van der Waals surface area contributed by atoms with E-state index in [4.69, 9.17) is 0 Å². The van der Waals surface area contributed by atoms with Crippen LogP contribution in [0, 0.1) is 12.8 Å². The third-order valence-corrected chi connectivity index (χ3v) is 4.23. The van der Waals surface area contributed by atoms with Gasteiger partial charge in [0.05, 0.1) is 11.9 Å². The van der Waals surface area contributed by atoms with E-state index in [-0.39, 0.29) is 11.8 Å². The second kappa shape index (κ2) is 6.60. The number of carbonyl (C=O) groups is 1. The average Bonchev–Trinajstić information content (AvgIpc) is 2.46. The maximum Gasteiger partial charge on any atom is 0.227 e. The number of aromatic nitrogens is 1. The van der Waals surface area contributed by atoms with Gasteiger partial charge in [0.2, 0.25) is 5.91 Å². The van der Waals surface area contributed by atoms with Gasteiger partial charge in [0.15, 0.2) is 0 Å². The lowest BCUT2D eigenvalue weighted by Crippen LogP contribution is -2.28. The molecule has 0 unspecified atom stereocenters. The molecule has 1 aromatic carbocycles. The van der Waals surface area contributed by atoms with Crippen molar-refractivity contribution in [2.24, 2.45) is 5.92 Å². The fraction of sp³-hybridized carbons (Fsp3) is 0.333. The fourth-order valence-electron chi connectivity index (χ4n) is 2.48. The van der Waals surface area contributed by atoms with Gasteiger partial charge in [-0.1, -0.05) is 30.7 Å². The molecule has 1 aliphatic rings. The number of benzene rings is 1. The van der Waals surface area contributed by atoms with Crippen LogP contribution in [-0.4, -0.2) is 10.9 Å². The molecule has 4 nitrogen and oxygen atoms in total. The zero-order valence-corrected chi connectivity index (χ0v) is 12.8. The Morgan fingerprint density at radius 1 is 1.23 bits per heavy atom. The van der Waals surface area contributed by atoms with Crippen LogP contribution in [-0.2, 0) is 11.3 Å². The van der Waals surface area contributed by atoms with E-state index in [1.54, 1.807) is 6.20 Å². The fourth-order valence-corrected chi connectivity index (χ4v) is 2.48. The largest absolute Gasteiger partial charge is 0.366 e. The summed E-state index contributed by atoms with van der Waals surface area (Å²) in [6.45, 7) is 2.84. The molecule has 22 heavy (non-hydrogen) atoms. The van der Waals surface area contributed by atoms with Crippen LogP contribution in [0.4, 0.5) is 11.5 Å². The topological polar surface area (TPSA) is 54.0 Å². The number of anilines is 2. The molecule has 0 aliphatic heterocycles. The number of carbonyl (C=O) groups excluding carboxylic acids is 1. The van der Waals surface area contributed by atoms with E-state index in [9.17, 15) is 4.79 Å². The van der Waals surface area contributed by atoms with Crippen molar-refractivity contribution in [3.8, 4) is 0 Å². The number of rotatable bonds is 5. The summed E-state index contributed by atoms with van der Waals surface area (Å²) in [5, 5.41) is 6.23. The first-order valence-electron chi connectivity index (χ1n) is 7.77. The van der Waals surface area contributed by atoms with Gasteiger partial charge in [-0.15, -0.1) is 0 Å². The normalized spacial score (nSPS) is 14.2. The Bertz CT molecular complexity index is 648. The van der Waals surface area contributed by atoms with Gasteiger partial charge in [0.1, 0.15) is 5.82 Å². The van der Waals surface area contributed by atoms with Crippen LogP contribution in [0.2, 0.25) is 0 Å². The first-order valence-corrected chi connectivity index (χ1v) is 7.77. The predicted octanol–water partition coefficient (Wildman–Crippen LogP) is 3.74. The molecule has 2 aromatic rings. The summed E-state index contributed by atoms with van der Waals surface area (Å²) in [7, 11) is 0. The van der Waals surface area contributed by atoms with Crippen molar-refractivity contribution in [2.75, 3.05) is 10.6 Å². The average molecular weight is 295 g/mol. The van der Waals surface area contributed by atoms with Gasteiger partial charge in [-0.05, 0) is 43.0 Å². The van der Waals surface area contributed by atoms with Crippen molar-refractivity contribution in [2.45, 2.75) is 32.7 Å². The Morgan fingerprint density at radius 2 is 2.05 bits per heavy atom. The third kappa shape index (κ3) is 3.45. The summed E-state index contributed by atoms with van der Waals surface area (Å²) in [4.78, 5) is 16.2. The molecule has 1 aliphatic carbocycles. The highest BCUT2D eigenvalue weighted by atomic mass is 16.1. The lowest BCUT2D eigenvalue weighted by molar-refractivity contribution is -0.122. The number of nitrogens with zero attached hydrogens (tertiary/aromatic N) is 1. The zero-order valence-electron chi connectivity index (χ0n) is 12.8. The van der Waals surface area contributed by atoms with Crippen molar-refractivity contribution in [3.63, 3.8) is 0 Å². The van der Waals surface area contributed by atoms with Crippen molar-refractivity contribution in [1.29, 1.82) is 0 Å². The molecule has 0 spiro atoms. The number of aryl methyl sites for hydroxylation is 1. The van der Waals surface area contributed by atoms with Gasteiger partial charge in [0, 0.05) is 12.5 Å². The smallest absolute Gasteiger partial charge is 0.227 e. The van der Waals surface area contributed by atoms with E-state index >= 15 is 0 Å². The van der Waals surface area contributed by atoms with Crippen LogP contribution in [0.5, 0.6) is 0 Å². The van der Waals surface area contributed by atoms with Crippen molar-refractivity contribution in [3.05, 3.63) is 53.7 Å². The minimum atomic E-state index is 0.119. The van der Waals surface area contributed by atoms with E-state index in [0.717, 1.165) is 37.3 Å². The van der Waals surface area contributed by atoms with Crippen LogP contribution in [0.25, 0.3) is 0 Å². The molecular formula is C18H21N3O. The van der Waals surface area contributed by atoms with Gasteiger partial charge >= 0.3 is 0 Å². The minimum absolute atomic E-state index is 0.119. The monoisotopic (exact) mass is 295 g/mol. The highest BCUT2D eigenvalue weighted by Crippen LogP contribution is 2.27. The molecule has 114 valence electrons. The molecular weight excluding hydrogens is 274 g/mol. The Labute approximate surface area is 131 Å². The van der Waals surface area contributed by atoms with Gasteiger partial charge in [0.25, 0.3) is 0 Å². The lowest BCUT2D eigenvalue weighted by Gasteiger charge is -2.23. The van der Waals surface area contributed by atoms with Crippen LogP contribution in [0.15, 0.2) is 42.6 Å². The number of hydrogen-bond acceptors (Lipinski definition) is 3. The molecule has 1 fully saturated rings. The van der Waals surface area contributed by atoms with Gasteiger partial charge in [-0.3, -0.25) is 4.79 Å². The van der Waals surface area contributed by atoms with E-state index in [2.05, 4.69) is 34.7 Å². The van der Waals surface area contributed by atoms with Gasteiger partial charge in [-0.2, -0.15) is 0 Å². The number of pyridine rings is 1. The summed E-state index contributed by atoms with van der Waals surface area (Å²) in [5.41, 5.74) is 3.28. The van der Waals surface area contributed by atoms with E-state index in [1.807, 2.05) is 24.3 Å². The first kappa shape index (κ1) is 14.6. The Morgan fingerprint density at radius 3 is 2.68 bits per heavy atom. The summed E-state index contributed by atoms with van der Waals surface area (Å²) in [5.74, 6) is 1.12. The summed E-state index contributed by atoms with van der Waals surface area (Å²) >= 11 is 0. The molecule has 1 heterocycles. The molecule has 3 rings (SSSR count). The Balaban J connectivity index is 1.55. The zero-order chi connectivity index (χ0) is 15.4. The van der Waals surface area contributed by atoms with E-state index < -0.39 is 0 Å². The molecule has 2 N–H and O–H groups in total. The minimum Gasteiger partial charge on any atom is -0.366 e. The molecule has 4 heteroatoms.